The number of carbonyl (C=O) groups is 2. The Hall–Kier alpha value is -0.900. The van der Waals surface area contributed by atoms with E-state index >= 15 is 0 Å². The molecular formula is C12H22N2O2. The number of nitrogens with two attached hydrogens (primary N) is 1. The van der Waals surface area contributed by atoms with Crippen LogP contribution in [0.4, 0.5) is 0 Å². The summed E-state index contributed by atoms with van der Waals surface area (Å²) < 4.78 is 0. The summed E-state index contributed by atoms with van der Waals surface area (Å²) in [5, 5.41) is 0. The van der Waals surface area contributed by atoms with Gasteiger partial charge in [0.05, 0.1) is 6.17 Å². The lowest BCUT2D eigenvalue weighted by Gasteiger charge is -2.34. The van der Waals surface area contributed by atoms with Crippen molar-refractivity contribution >= 4 is 11.7 Å². The van der Waals surface area contributed by atoms with Gasteiger partial charge < -0.3 is 10.6 Å². The van der Waals surface area contributed by atoms with Crippen LogP contribution in [-0.2, 0) is 9.59 Å². The minimum absolute atomic E-state index is 0.280. The Kier molecular flexibility index (Phi) is 4.08. The molecule has 92 valence electrons. The zero-order chi connectivity index (χ0) is 12.3. The van der Waals surface area contributed by atoms with Crippen LogP contribution in [0.1, 0.15) is 46.5 Å². The van der Waals surface area contributed by atoms with Crippen LogP contribution < -0.4 is 5.73 Å². The third-order valence-electron chi connectivity index (χ3n) is 3.50. The van der Waals surface area contributed by atoms with Gasteiger partial charge >= 0.3 is 0 Å². The van der Waals surface area contributed by atoms with Crippen molar-refractivity contribution in [1.29, 1.82) is 0 Å². The normalized spacial score (nSPS) is 22.0. The Morgan fingerprint density at radius 1 is 1.38 bits per heavy atom. The zero-order valence-corrected chi connectivity index (χ0v) is 10.5. The molecule has 0 aromatic heterocycles. The second-order valence-electron chi connectivity index (χ2n) is 5.13. The topological polar surface area (TPSA) is 63.4 Å². The molecule has 1 aliphatic heterocycles. The van der Waals surface area contributed by atoms with Crippen LogP contribution in [0.25, 0.3) is 0 Å². The maximum absolute atomic E-state index is 12.0. The number of hydrogen-bond donors (Lipinski definition) is 1. The lowest BCUT2D eigenvalue weighted by Crippen LogP contribution is -2.53. The number of piperidine rings is 1. The first-order valence-corrected chi connectivity index (χ1v) is 6.01. The molecule has 2 N–H and O–H groups in total. The van der Waals surface area contributed by atoms with Crippen LogP contribution in [0.2, 0.25) is 0 Å². The van der Waals surface area contributed by atoms with Gasteiger partial charge in [0.15, 0.2) is 0 Å². The van der Waals surface area contributed by atoms with E-state index in [-0.39, 0.29) is 11.9 Å². The Bertz CT molecular complexity index is 287. The average molecular weight is 226 g/mol. The van der Waals surface area contributed by atoms with E-state index in [1.165, 1.54) is 4.90 Å². The van der Waals surface area contributed by atoms with Crippen LogP contribution >= 0.6 is 0 Å². The molecule has 0 bridgehead atoms. The van der Waals surface area contributed by atoms with Crippen molar-refractivity contribution in [2.45, 2.75) is 52.6 Å². The molecule has 1 saturated heterocycles. The number of likely N-dealkylation sites (tertiary alicyclic amines) is 1. The molecular weight excluding hydrogens is 204 g/mol. The Morgan fingerprint density at radius 3 is 2.50 bits per heavy atom. The fourth-order valence-corrected chi connectivity index (χ4v) is 1.79. The molecule has 0 saturated carbocycles. The largest absolute Gasteiger partial charge is 0.321 e. The van der Waals surface area contributed by atoms with Gasteiger partial charge in [-0.15, -0.1) is 0 Å². The molecule has 1 unspecified atom stereocenters. The van der Waals surface area contributed by atoms with Crippen molar-refractivity contribution < 1.29 is 9.59 Å². The van der Waals surface area contributed by atoms with Crippen molar-refractivity contribution in [2.24, 2.45) is 11.1 Å². The van der Waals surface area contributed by atoms with E-state index in [0.29, 0.717) is 13.0 Å². The predicted molar refractivity (Wildman–Crippen MR) is 62.6 cm³/mol. The van der Waals surface area contributed by atoms with Gasteiger partial charge in [0.1, 0.15) is 0 Å². The van der Waals surface area contributed by atoms with Crippen LogP contribution in [0.15, 0.2) is 0 Å². The highest BCUT2D eigenvalue weighted by atomic mass is 16.2. The SMILES string of the molecule is CCC(C)(C)C(=O)C(=O)N1CCCCC1N. The molecule has 1 heterocycles. The smallest absolute Gasteiger partial charge is 0.291 e. The summed E-state index contributed by atoms with van der Waals surface area (Å²) in [6.07, 6.45) is 3.17. The number of amides is 1. The standard InChI is InChI=1S/C12H22N2O2/c1-4-12(2,3)10(15)11(16)14-8-6-5-7-9(14)13/h9H,4-8,13H2,1-3H3. The second-order valence-corrected chi connectivity index (χ2v) is 5.13. The fourth-order valence-electron chi connectivity index (χ4n) is 1.79. The first-order chi connectivity index (χ1) is 7.40. The quantitative estimate of drug-likeness (QED) is 0.737. The predicted octanol–water partition coefficient (Wildman–Crippen LogP) is 1.29. The monoisotopic (exact) mass is 226 g/mol. The van der Waals surface area contributed by atoms with Crippen molar-refractivity contribution in [3.63, 3.8) is 0 Å². The van der Waals surface area contributed by atoms with Crippen molar-refractivity contribution in [1.82, 2.24) is 4.90 Å². The van der Waals surface area contributed by atoms with Crippen LogP contribution in [0.5, 0.6) is 0 Å². The van der Waals surface area contributed by atoms with Gasteiger partial charge in [0.2, 0.25) is 5.78 Å². The molecule has 0 spiro atoms. The number of Topliss-reactive ketones (excluding diaryl/α,β-unsaturated/α-hetero) is 1. The van der Waals surface area contributed by atoms with Gasteiger partial charge in [0.25, 0.3) is 5.91 Å². The zero-order valence-electron chi connectivity index (χ0n) is 10.5. The molecule has 1 aliphatic rings. The molecule has 1 atom stereocenters. The number of ketones is 1. The molecule has 4 nitrogen and oxygen atoms in total. The van der Waals surface area contributed by atoms with Gasteiger partial charge in [-0.2, -0.15) is 0 Å². The van der Waals surface area contributed by atoms with Crippen molar-refractivity contribution in [2.75, 3.05) is 6.54 Å². The fraction of sp³-hybridized carbons (Fsp3) is 0.833. The number of carbonyl (C=O) groups excluding carboxylic acids is 2. The van der Waals surface area contributed by atoms with Gasteiger partial charge in [-0.25, -0.2) is 0 Å². The maximum Gasteiger partial charge on any atom is 0.291 e. The van der Waals surface area contributed by atoms with Crippen LogP contribution in [-0.4, -0.2) is 29.3 Å². The second kappa shape index (κ2) is 4.95. The Morgan fingerprint density at radius 2 is 2.00 bits per heavy atom. The average Bonchev–Trinajstić information content (AvgIpc) is 2.27. The lowest BCUT2D eigenvalue weighted by atomic mass is 9.84. The number of rotatable bonds is 3. The third-order valence-corrected chi connectivity index (χ3v) is 3.50. The van der Waals surface area contributed by atoms with E-state index in [1.54, 1.807) is 0 Å². The summed E-state index contributed by atoms with van der Waals surface area (Å²) in [6.45, 7) is 6.15. The summed E-state index contributed by atoms with van der Waals surface area (Å²) in [6, 6.07) is 0. The highest BCUT2D eigenvalue weighted by Crippen LogP contribution is 2.23. The number of nitrogens with zero attached hydrogens (tertiary/aromatic N) is 1. The minimum Gasteiger partial charge on any atom is -0.321 e. The van der Waals surface area contributed by atoms with E-state index in [1.807, 2.05) is 20.8 Å². The molecule has 16 heavy (non-hydrogen) atoms. The summed E-state index contributed by atoms with van der Waals surface area (Å²) >= 11 is 0. The Balaban J connectivity index is 2.73. The summed E-state index contributed by atoms with van der Waals surface area (Å²) in [7, 11) is 0. The summed E-state index contributed by atoms with van der Waals surface area (Å²) in [5.74, 6) is -0.716. The van der Waals surface area contributed by atoms with Crippen molar-refractivity contribution in [3.05, 3.63) is 0 Å². The first-order valence-electron chi connectivity index (χ1n) is 6.01. The van der Waals surface area contributed by atoms with E-state index < -0.39 is 11.3 Å². The molecule has 0 aliphatic carbocycles. The maximum atomic E-state index is 12.0. The molecule has 1 amide bonds. The van der Waals surface area contributed by atoms with Crippen LogP contribution in [0, 0.1) is 5.41 Å². The van der Waals surface area contributed by atoms with Crippen LogP contribution in [0.3, 0.4) is 0 Å². The van der Waals surface area contributed by atoms with E-state index in [9.17, 15) is 9.59 Å². The highest BCUT2D eigenvalue weighted by molar-refractivity contribution is 6.37. The molecule has 4 heteroatoms. The Labute approximate surface area is 97.2 Å². The first kappa shape index (κ1) is 13.2. The molecule has 1 rings (SSSR count). The van der Waals surface area contributed by atoms with Gasteiger partial charge in [-0.1, -0.05) is 20.8 Å². The van der Waals surface area contributed by atoms with Gasteiger partial charge in [-0.3, -0.25) is 9.59 Å². The van der Waals surface area contributed by atoms with E-state index in [4.69, 9.17) is 5.73 Å². The van der Waals surface area contributed by atoms with E-state index in [0.717, 1.165) is 19.3 Å². The van der Waals surface area contributed by atoms with E-state index in [2.05, 4.69) is 0 Å². The molecule has 0 aromatic carbocycles. The minimum atomic E-state index is -0.575. The van der Waals surface area contributed by atoms with Gasteiger partial charge in [0, 0.05) is 12.0 Å². The molecule has 1 fully saturated rings. The molecule has 0 radical (unpaired) electrons. The number of hydrogen-bond acceptors (Lipinski definition) is 3. The third kappa shape index (κ3) is 2.61. The highest BCUT2D eigenvalue weighted by Gasteiger charge is 2.36. The van der Waals surface area contributed by atoms with Crippen molar-refractivity contribution in [3.8, 4) is 0 Å². The summed E-state index contributed by atoms with van der Waals surface area (Å²) in [4.78, 5) is 25.5. The van der Waals surface area contributed by atoms with Gasteiger partial charge in [-0.05, 0) is 25.7 Å². The molecule has 0 aromatic rings. The summed E-state index contributed by atoms with van der Waals surface area (Å²) in [5.41, 5.74) is 5.28. The lowest BCUT2D eigenvalue weighted by molar-refractivity contribution is -0.151.